The molecule has 0 fully saturated rings. The molecule has 0 atom stereocenters. The van der Waals surface area contributed by atoms with Crippen LogP contribution in [-0.2, 0) is 0 Å². The Morgan fingerprint density at radius 3 is 2.20 bits per heavy atom. The van der Waals surface area contributed by atoms with Crippen molar-refractivity contribution in [2.75, 3.05) is 18.0 Å². The number of anilines is 1. The highest BCUT2D eigenvalue weighted by atomic mass is 16.1. The van der Waals surface area contributed by atoms with Gasteiger partial charge >= 0.3 is 0 Å². The summed E-state index contributed by atoms with van der Waals surface area (Å²) < 4.78 is 0. The van der Waals surface area contributed by atoms with E-state index >= 15 is 0 Å². The van der Waals surface area contributed by atoms with Crippen molar-refractivity contribution < 1.29 is 4.79 Å². The fraction of sp³-hybridized carbons (Fsp3) is 0.273. The monoisotopic (exact) mass is 332 g/mol. The fourth-order valence-electron chi connectivity index (χ4n) is 3.24. The maximum atomic E-state index is 11.4. The van der Waals surface area contributed by atoms with Gasteiger partial charge in [0.05, 0.1) is 5.52 Å². The molecule has 0 aliphatic heterocycles. The van der Waals surface area contributed by atoms with Crippen molar-refractivity contribution in [1.82, 2.24) is 4.98 Å². The molecule has 3 rings (SSSR count). The SMILES string of the molecule is CCN(CC)c1cc(C)nc2cc(-c3ccc(C(C)=O)cc3)ccc12. The molecular formula is C22H24N2O. The third kappa shape index (κ3) is 3.41. The first-order valence-corrected chi connectivity index (χ1v) is 8.81. The van der Waals surface area contributed by atoms with Crippen molar-refractivity contribution in [3.63, 3.8) is 0 Å². The average molecular weight is 332 g/mol. The molecule has 0 saturated carbocycles. The Bertz CT molecular complexity index is 909. The van der Waals surface area contributed by atoms with Crippen molar-refractivity contribution >= 4 is 22.4 Å². The Balaban J connectivity index is 2.09. The first-order valence-electron chi connectivity index (χ1n) is 8.81. The second-order valence-electron chi connectivity index (χ2n) is 6.32. The summed E-state index contributed by atoms with van der Waals surface area (Å²) in [7, 11) is 0. The topological polar surface area (TPSA) is 33.2 Å². The minimum atomic E-state index is 0.0891. The smallest absolute Gasteiger partial charge is 0.159 e. The third-order valence-corrected chi connectivity index (χ3v) is 4.64. The molecule has 3 nitrogen and oxygen atoms in total. The lowest BCUT2D eigenvalue weighted by Gasteiger charge is -2.23. The van der Waals surface area contributed by atoms with Gasteiger partial charge in [0.15, 0.2) is 5.78 Å². The number of hydrogen-bond acceptors (Lipinski definition) is 3. The Kier molecular flexibility index (Phi) is 4.84. The molecule has 0 aliphatic carbocycles. The quantitative estimate of drug-likeness (QED) is 0.598. The zero-order chi connectivity index (χ0) is 18.0. The number of carbonyl (C=O) groups is 1. The summed E-state index contributed by atoms with van der Waals surface area (Å²) >= 11 is 0. The van der Waals surface area contributed by atoms with Crippen LogP contribution in [0.2, 0.25) is 0 Å². The Labute approximate surface area is 149 Å². The molecule has 0 bridgehead atoms. The molecule has 0 aliphatic rings. The molecule has 0 N–H and O–H groups in total. The zero-order valence-electron chi connectivity index (χ0n) is 15.3. The van der Waals surface area contributed by atoms with E-state index in [0.717, 1.165) is 41.0 Å². The van der Waals surface area contributed by atoms with E-state index in [1.165, 1.54) is 11.1 Å². The van der Waals surface area contributed by atoms with E-state index in [2.05, 4.69) is 43.0 Å². The Hall–Kier alpha value is -2.68. The molecular weight excluding hydrogens is 308 g/mol. The molecule has 0 amide bonds. The van der Waals surface area contributed by atoms with Crippen LogP contribution >= 0.6 is 0 Å². The van der Waals surface area contributed by atoms with Crippen LogP contribution in [0, 0.1) is 6.92 Å². The van der Waals surface area contributed by atoms with E-state index in [1.54, 1.807) is 6.92 Å². The van der Waals surface area contributed by atoms with Gasteiger partial charge in [-0.25, -0.2) is 0 Å². The fourth-order valence-corrected chi connectivity index (χ4v) is 3.24. The second-order valence-corrected chi connectivity index (χ2v) is 6.32. The summed E-state index contributed by atoms with van der Waals surface area (Å²) in [5, 5.41) is 1.18. The van der Waals surface area contributed by atoms with Crippen LogP contribution in [-0.4, -0.2) is 23.9 Å². The van der Waals surface area contributed by atoms with Gasteiger partial charge in [0.1, 0.15) is 0 Å². The molecule has 0 unspecified atom stereocenters. The van der Waals surface area contributed by atoms with Gasteiger partial charge in [-0.1, -0.05) is 36.4 Å². The molecule has 128 valence electrons. The summed E-state index contributed by atoms with van der Waals surface area (Å²) in [5.74, 6) is 0.0891. The van der Waals surface area contributed by atoms with E-state index in [9.17, 15) is 4.79 Å². The summed E-state index contributed by atoms with van der Waals surface area (Å²) in [4.78, 5) is 18.5. The van der Waals surface area contributed by atoms with Crippen molar-refractivity contribution in [2.45, 2.75) is 27.7 Å². The number of ketones is 1. The zero-order valence-corrected chi connectivity index (χ0v) is 15.3. The number of rotatable bonds is 5. The number of fused-ring (bicyclic) bond motifs is 1. The molecule has 1 heterocycles. The lowest BCUT2D eigenvalue weighted by molar-refractivity contribution is 0.101. The van der Waals surface area contributed by atoms with Gasteiger partial charge in [-0.3, -0.25) is 9.78 Å². The largest absolute Gasteiger partial charge is 0.371 e. The van der Waals surface area contributed by atoms with E-state index in [4.69, 9.17) is 4.98 Å². The van der Waals surface area contributed by atoms with Crippen LogP contribution in [0.1, 0.15) is 36.8 Å². The van der Waals surface area contributed by atoms with E-state index in [0.29, 0.717) is 0 Å². The first kappa shape index (κ1) is 17.2. The molecule has 0 spiro atoms. The van der Waals surface area contributed by atoms with Gasteiger partial charge in [0, 0.05) is 35.4 Å². The van der Waals surface area contributed by atoms with Crippen molar-refractivity contribution in [1.29, 1.82) is 0 Å². The summed E-state index contributed by atoms with van der Waals surface area (Å²) in [6.07, 6.45) is 0. The maximum Gasteiger partial charge on any atom is 0.159 e. The average Bonchev–Trinajstić information content (AvgIpc) is 2.62. The number of aryl methyl sites for hydroxylation is 1. The molecule has 1 aromatic heterocycles. The molecule has 3 heteroatoms. The minimum Gasteiger partial charge on any atom is -0.371 e. The van der Waals surface area contributed by atoms with Gasteiger partial charge in [-0.15, -0.1) is 0 Å². The number of carbonyl (C=O) groups excluding carboxylic acids is 1. The van der Waals surface area contributed by atoms with Crippen LogP contribution in [0.3, 0.4) is 0 Å². The van der Waals surface area contributed by atoms with E-state index < -0.39 is 0 Å². The van der Waals surface area contributed by atoms with Crippen LogP contribution < -0.4 is 4.90 Å². The first-order chi connectivity index (χ1) is 12.0. The number of pyridine rings is 1. The summed E-state index contributed by atoms with van der Waals surface area (Å²) in [5.41, 5.74) is 6.23. The van der Waals surface area contributed by atoms with Gasteiger partial charge in [-0.2, -0.15) is 0 Å². The summed E-state index contributed by atoms with van der Waals surface area (Å²) in [6, 6.07) is 16.4. The van der Waals surface area contributed by atoms with Crippen molar-refractivity contribution in [2.24, 2.45) is 0 Å². The highest BCUT2D eigenvalue weighted by Gasteiger charge is 2.10. The van der Waals surface area contributed by atoms with Crippen LogP contribution in [0.15, 0.2) is 48.5 Å². The highest BCUT2D eigenvalue weighted by Crippen LogP contribution is 2.30. The lowest BCUT2D eigenvalue weighted by atomic mass is 10.0. The second kappa shape index (κ2) is 7.06. The molecule has 0 radical (unpaired) electrons. The number of Topliss-reactive ketones (excluding diaryl/α,β-unsaturated/α-hetero) is 1. The standard InChI is InChI=1S/C22H24N2O/c1-5-24(6-2)22-13-15(3)23-21-14-19(11-12-20(21)22)18-9-7-17(8-10-18)16(4)25/h7-14H,5-6H2,1-4H3. The van der Waals surface area contributed by atoms with Gasteiger partial charge in [-0.05, 0) is 51.0 Å². The molecule has 2 aromatic carbocycles. The predicted octanol–water partition coefficient (Wildman–Crippen LogP) is 5.26. The van der Waals surface area contributed by atoms with E-state index in [1.807, 2.05) is 31.2 Å². The molecule has 25 heavy (non-hydrogen) atoms. The van der Waals surface area contributed by atoms with Gasteiger partial charge < -0.3 is 4.90 Å². The normalized spacial score (nSPS) is 10.9. The van der Waals surface area contributed by atoms with Crippen molar-refractivity contribution in [3.8, 4) is 11.1 Å². The van der Waals surface area contributed by atoms with Crippen molar-refractivity contribution in [3.05, 3.63) is 59.8 Å². The molecule has 3 aromatic rings. The van der Waals surface area contributed by atoms with Crippen LogP contribution in [0.5, 0.6) is 0 Å². The number of benzene rings is 2. The van der Waals surface area contributed by atoms with Crippen LogP contribution in [0.4, 0.5) is 5.69 Å². The maximum absolute atomic E-state index is 11.4. The Morgan fingerprint density at radius 2 is 1.60 bits per heavy atom. The minimum absolute atomic E-state index is 0.0891. The number of nitrogens with zero attached hydrogens (tertiary/aromatic N) is 2. The third-order valence-electron chi connectivity index (χ3n) is 4.64. The van der Waals surface area contributed by atoms with Gasteiger partial charge in [0.2, 0.25) is 0 Å². The van der Waals surface area contributed by atoms with Gasteiger partial charge in [0.25, 0.3) is 0 Å². The number of hydrogen-bond donors (Lipinski definition) is 0. The van der Waals surface area contributed by atoms with E-state index in [-0.39, 0.29) is 5.78 Å². The number of aromatic nitrogens is 1. The summed E-state index contributed by atoms with van der Waals surface area (Å²) in [6.45, 7) is 9.94. The highest BCUT2D eigenvalue weighted by molar-refractivity contribution is 5.96. The lowest BCUT2D eigenvalue weighted by Crippen LogP contribution is -2.22. The molecule has 0 saturated heterocycles. The van der Waals surface area contributed by atoms with Crippen LogP contribution in [0.25, 0.3) is 22.0 Å². The predicted molar refractivity (Wildman–Crippen MR) is 105 cm³/mol. The Morgan fingerprint density at radius 1 is 0.960 bits per heavy atom.